The van der Waals surface area contributed by atoms with Gasteiger partial charge in [-0.25, -0.2) is 12.8 Å². The molecular weight excluding hydrogens is 529 g/mol. The van der Waals surface area contributed by atoms with E-state index in [2.05, 4.69) is 5.32 Å². The molecule has 1 atom stereocenters. The average molecular weight is 568 g/mol. The fraction of sp³-hybridized carbons (Fsp3) is 0.355. The lowest BCUT2D eigenvalue weighted by Gasteiger charge is -2.33. The molecule has 40 heavy (non-hydrogen) atoms. The van der Waals surface area contributed by atoms with E-state index in [0.717, 1.165) is 21.0 Å². The van der Waals surface area contributed by atoms with Crippen molar-refractivity contribution >= 4 is 27.5 Å². The third kappa shape index (κ3) is 7.91. The van der Waals surface area contributed by atoms with Crippen LogP contribution in [0.15, 0.2) is 71.6 Å². The Morgan fingerprint density at radius 2 is 1.43 bits per heavy atom. The summed E-state index contributed by atoms with van der Waals surface area (Å²) in [5.41, 5.74) is 2.98. The maximum Gasteiger partial charge on any atom is 0.264 e. The Hall–Kier alpha value is -3.72. The van der Waals surface area contributed by atoms with E-state index in [4.69, 9.17) is 0 Å². The van der Waals surface area contributed by atoms with Gasteiger partial charge in [-0.2, -0.15) is 0 Å². The van der Waals surface area contributed by atoms with Crippen molar-refractivity contribution in [3.63, 3.8) is 0 Å². The number of halogens is 1. The van der Waals surface area contributed by atoms with Crippen LogP contribution >= 0.6 is 0 Å². The van der Waals surface area contributed by atoms with Crippen molar-refractivity contribution in [2.45, 2.75) is 71.5 Å². The van der Waals surface area contributed by atoms with Crippen molar-refractivity contribution in [2.24, 2.45) is 0 Å². The van der Waals surface area contributed by atoms with Crippen LogP contribution in [-0.4, -0.2) is 43.3 Å². The minimum Gasteiger partial charge on any atom is -0.350 e. The molecule has 0 saturated carbocycles. The summed E-state index contributed by atoms with van der Waals surface area (Å²) in [6.45, 7) is 12.1. The number of carbonyl (C=O) groups excluding carboxylic acids is 2. The molecule has 0 radical (unpaired) electrons. The first-order chi connectivity index (χ1) is 18.6. The van der Waals surface area contributed by atoms with Crippen LogP contribution in [0.1, 0.15) is 49.9 Å². The van der Waals surface area contributed by atoms with Crippen molar-refractivity contribution in [2.75, 3.05) is 10.8 Å². The Bertz CT molecular complexity index is 1440. The number of anilines is 1. The largest absolute Gasteiger partial charge is 0.350 e. The number of hydrogen-bond donors (Lipinski definition) is 1. The number of benzene rings is 3. The number of nitrogens with one attached hydrogen (secondary N) is 1. The van der Waals surface area contributed by atoms with Crippen LogP contribution in [0.2, 0.25) is 0 Å². The first kappa shape index (κ1) is 30.8. The van der Waals surface area contributed by atoms with Gasteiger partial charge in [0.25, 0.3) is 10.0 Å². The summed E-state index contributed by atoms with van der Waals surface area (Å²) in [6.07, 6.45) is 0. The zero-order valence-corrected chi connectivity index (χ0v) is 25.0. The molecule has 0 bridgehead atoms. The van der Waals surface area contributed by atoms with Gasteiger partial charge < -0.3 is 10.2 Å². The third-order valence-electron chi connectivity index (χ3n) is 6.31. The predicted molar refractivity (Wildman–Crippen MR) is 156 cm³/mol. The Morgan fingerprint density at radius 1 is 0.875 bits per heavy atom. The van der Waals surface area contributed by atoms with Gasteiger partial charge in [-0.05, 0) is 102 Å². The molecule has 0 saturated heterocycles. The van der Waals surface area contributed by atoms with Crippen LogP contribution in [0.5, 0.6) is 0 Å². The number of hydrogen-bond acceptors (Lipinski definition) is 4. The van der Waals surface area contributed by atoms with Gasteiger partial charge in [-0.1, -0.05) is 35.9 Å². The predicted octanol–water partition coefficient (Wildman–Crippen LogP) is 5.28. The molecule has 0 aliphatic carbocycles. The summed E-state index contributed by atoms with van der Waals surface area (Å²) >= 11 is 0. The number of amides is 2. The summed E-state index contributed by atoms with van der Waals surface area (Å²) < 4.78 is 42.6. The smallest absolute Gasteiger partial charge is 0.264 e. The van der Waals surface area contributed by atoms with Gasteiger partial charge in [0.2, 0.25) is 11.8 Å². The van der Waals surface area contributed by atoms with Crippen molar-refractivity contribution in [1.82, 2.24) is 10.2 Å². The summed E-state index contributed by atoms with van der Waals surface area (Å²) in [6, 6.07) is 16.5. The summed E-state index contributed by atoms with van der Waals surface area (Å²) in [5.74, 6) is -1.39. The van der Waals surface area contributed by atoms with E-state index in [1.165, 1.54) is 41.3 Å². The maximum absolute atomic E-state index is 14.0. The molecule has 0 aliphatic heterocycles. The van der Waals surface area contributed by atoms with Gasteiger partial charge in [0.05, 0.1) is 10.6 Å². The topological polar surface area (TPSA) is 86.8 Å². The highest BCUT2D eigenvalue weighted by Gasteiger charge is 2.33. The van der Waals surface area contributed by atoms with Gasteiger partial charge in [0.1, 0.15) is 18.4 Å². The highest BCUT2D eigenvalue weighted by molar-refractivity contribution is 7.92. The van der Waals surface area contributed by atoms with Crippen LogP contribution in [0.4, 0.5) is 10.1 Å². The van der Waals surface area contributed by atoms with Crippen LogP contribution in [-0.2, 0) is 26.2 Å². The molecule has 0 aromatic heterocycles. The fourth-order valence-electron chi connectivity index (χ4n) is 4.30. The molecule has 3 rings (SSSR count). The first-order valence-electron chi connectivity index (χ1n) is 13.1. The minimum absolute atomic E-state index is 0.0108. The van der Waals surface area contributed by atoms with E-state index in [-0.39, 0.29) is 17.3 Å². The zero-order chi connectivity index (χ0) is 29.8. The highest BCUT2D eigenvalue weighted by Crippen LogP contribution is 2.27. The molecule has 1 N–H and O–H groups in total. The monoisotopic (exact) mass is 567 g/mol. The van der Waals surface area contributed by atoms with Crippen LogP contribution < -0.4 is 9.62 Å². The lowest BCUT2D eigenvalue weighted by Crippen LogP contribution is -2.54. The van der Waals surface area contributed by atoms with E-state index < -0.39 is 39.9 Å². The Kier molecular flexibility index (Phi) is 9.40. The van der Waals surface area contributed by atoms with Crippen molar-refractivity contribution in [3.05, 3.63) is 94.8 Å². The first-order valence-corrected chi connectivity index (χ1v) is 14.5. The fourth-order valence-corrected chi connectivity index (χ4v) is 5.70. The molecule has 3 aromatic carbocycles. The second kappa shape index (κ2) is 12.2. The molecule has 2 amide bonds. The molecule has 0 heterocycles. The van der Waals surface area contributed by atoms with E-state index in [0.29, 0.717) is 11.3 Å². The lowest BCUT2D eigenvalue weighted by atomic mass is 10.1. The van der Waals surface area contributed by atoms with Crippen molar-refractivity contribution in [1.29, 1.82) is 0 Å². The molecule has 7 nitrogen and oxygen atoms in total. The standard InChI is InChI=1S/C31H38FN3O4S/c1-21-8-14-28(15-9-21)40(38,39)35(27-17-22(2)16-23(3)18-27)20-29(36)34(19-25-10-12-26(32)13-11-25)24(4)30(37)33-31(5,6)7/h8-18,24H,19-20H2,1-7H3,(H,33,37)/t24-/m0/s1. The van der Waals surface area contributed by atoms with Crippen LogP contribution in [0, 0.1) is 26.6 Å². The Balaban J connectivity index is 2.07. The number of aryl methyl sites for hydroxylation is 3. The maximum atomic E-state index is 14.0. The molecule has 0 aliphatic rings. The number of carbonyl (C=O) groups is 2. The van der Waals surface area contributed by atoms with Crippen molar-refractivity contribution < 1.29 is 22.4 Å². The Labute approximate surface area is 237 Å². The number of rotatable bonds is 9. The molecule has 0 unspecified atom stereocenters. The lowest BCUT2D eigenvalue weighted by molar-refractivity contribution is -0.140. The molecule has 3 aromatic rings. The van der Waals surface area contributed by atoms with E-state index >= 15 is 0 Å². The second-order valence-electron chi connectivity index (χ2n) is 11.2. The van der Waals surface area contributed by atoms with Gasteiger partial charge in [-0.15, -0.1) is 0 Å². The summed E-state index contributed by atoms with van der Waals surface area (Å²) in [5, 5.41) is 2.89. The normalized spacial score (nSPS) is 12.5. The van der Waals surface area contributed by atoms with E-state index in [9.17, 15) is 22.4 Å². The summed E-state index contributed by atoms with van der Waals surface area (Å²) in [4.78, 5) is 28.5. The SMILES string of the molecule is Cc1ccc(S(=O)(=O)N(CC(=O)N(Cc2ccc(F)cc2)[C@@H](C)C(=O)NC(C)(C)C)c2cc(C)cc(C)c2)cc1. The van der Waals surface area contributed by atoms with E-state index in [1.807, 2.05) is 47.6 Å². The third-order valence-corrected chi connectivity index (χ3v) is 8.10. The van der Waals surface area contributed by atoms with Crippen LogP contribution in [0.25, 0.3) is 0 Å². The number of sulfonamides is 1. The van der Waals surface area contributed by atoms with Gasteiger partial charge >= 0.3 is 0 Å². The highest BCUT2D eigenvalue weighted by atomic mass is 32.2. The molecule has 0 spiro atoms. The average Bonchev–Trinajstić information content (AvgIpc) is 2.85. The summed E-state index contributed by atoms with van der Waals surface area (Å²) in [7, 11) is -4.15. The Morgan fingerprint density at radius 3 is 1.95 bits per heavy atom. The molecule has 9 heteroatoms. The van der Waals surface area contributed by atoms with Gasteiger partial charge in [-0.3, -0.25) is 13.9 Å². The molecular formula is C31H38FN3O4S. The molecule has 0 fully saturated rings. The van der Waals surface area contributed by atoms with Gasteiger partial charge in [0, 0.05) is 12.1 Å². The van der Waals surface area contributed by atoms with Crippen molar-refractivity contribution in [3.8, 4) is 0 Å². The zero-order valence-electron chi connectivity index (χ0n) is 24.2. The van der Waals surface area contributed by atoms with Gasteiger partial charge in [0.15, 0.2) is 0 Å². The van der Waals surface area contributed by atoms with E-state index in [1.54, 1.807) is 31.2 Å². The van der Waals surface area contributed by atoms with Crippen LogP contribution in [0.3, 0.4) is 0 Å². The second-order valence-corrected chi connectivity index (χ2v) is 13.1. The number of nitrogens with zero attached hydrogens (tertiary/aromatic N) is 2. The quantitative estimate of drug-likeness (QED) is 0.381. The molecule has 214 valence electrons. The minimum atomic E-state index is -4.15.